The van der Waals surface area contributed by atoms with E-state index in [1.54, 1.807) is 52.9 Å². The first-order valence-electron chi connectivity index (χ1n) is 15.8. The summed E-state index contributed by atoms with van der Waals surface area (Å²) < 4.78 is 47.1. The standard InChI is InChI=1S/C35H38Cl2F3N5O3/c1-5-48-29-20-25(35(38,39)40)10-15-28(29)33-41-31(23-6-11-26(36)12-7-23)32(24-8-13-27(37)14-9-24)45(33)34(47)44-18-16-43(17-19-44)21-30(46)42(4)22(2)3/h6-15,20,22,31-32H,5,16-19,21H2,1-4H3. The lowest BCUT2D eigenvalue weighted by Crippen LogP contribution is -2.55. The number of amidine groups is 1. The summed E-state index contributed by atoms with van der Waals surface area (Å²) in [5.41, 5.74) is 0.880. The number of piperazine rings is 1. The van der Waals surface area contributed by atoms with E-state index in [2.05, 4.69) is 0 Å². The topological polar surface area (TPSA) is 68.7 Å². The van der Waals surface area contributed by atoms with Crippen molar-refractivity contribution in [1.29, 1.82) is 0 Å². The Labute approximate surface area is 288 Å². The van der Waals surface area contributed by atoms with Crippen LogP contribution >= 0.6 is 23.2 Å². The van der Waals surface area contributed by atoms with Crippen LogP contribution in [0.4, 0.5) is 18.0 Å². The summed E-state index contributed by atoms with van der Waals surface area (Å²) in [6.45, 7) is 7.54. The zero-order chi connectivity index (χ0) is 34.7. The molecule has 2 aliphatic heterocycles. The number of rotatable bonds is 8. The van der Waals surface area contributed by atoms with Crippen LogP contribution in [0.2, 0.25) is 10.0 Å². The molecule has 0 saturated carbocycles. The molecule has 13 heteroatoms. The van der Waals surface area contributed by atoms with Gasteiger partial charge in [-0.2, -0.15) is 13.2 Å². The Morgan fingerprint density at radius 3 is 2.06 bits per heavy atom. The van der Waals surface area contributed by atoms with E-state index < -0.39 is 23.8 Å². The maximum Gasteiger partial charge on any atom is 0.416 e. The van der Waals surface area contributed by atoms with E-state index in [-0.39, 0.29) is 48.3 Å². The second-order valence-corrected chi connectivity index (χ2v) is 13.0. The molecule has 0 N–H and O–H groups in total. The molecule has 1 fully saturated rings. The SMILES string of the molecule is CCOc1cc(C(F)(F)F)ccc1C1=NC(c2ccc(Cl)cc2)C(c2ccc(Cl)cc2)N1C(=O)N1CCN(CC(=O)N(C)C(C)C)CC1. The normalized spacial score (nSPS) is 18.7. The number of hydrogen-bond acceptors (Lipinski definition) is 5. The van der Waals surface area contributed by atoms with Crippen molar-refractivity contribution in [2.45, 2.75) is 45.1 Å². The van der Waals surface area contributed by atoms with Gasteiger partial charge in [0.15, 0.2) is 0 Å². The number of benzene rings is 3. The predicted octanol–water partition coefficient (Wildman–Crippen LogP) is 7.56. The molecule has 8 nitrogen and oxygen atoms in total. The minimum absolute atomic E-state index is 0.00175. The lowest BCUT2D eigenvalue weighted by molar-refractivity contribution is -0.137. The molecule has 0 aromatic heterocycles. The van der Waals surface area contributed by atoms with Crippen LogP contribution in [0, 0.1) is 0 Å². The molecule has 3 amide bonds. The molecule has 2 heterocycles. The van der Waals surface area contributed by atoms with Crippen molar-refractivity contribution in [2.75, 3.05) is 46.4 Å². The van der Waals surface area contributed by atoms with E-state index in [0.717, 1.165) is 23.3 Å². The smallest absolute Gasteiger partial charge is 0.416 e. The fourth-order valence-corrected chi connectivity index (χ4v) is 6.11. The van der Waals surface area contributed by atoms with Crippen molar-refractivity contribution >= 4 is 41.0 Å². The third kappa shape index (κ3) is 7.74. The van der Waals surface area contributed by atoms with E-state index in [4.69, 9.17) is 32.9 Å². The number of carbonyl (C=O) groups is 2. The van der Waals surface area contributed by atoms with Gasteiger partial charge in [0.25, 0.3) is 0 Å². The molecule has 3 aromatic carbocycles. The number of alkyl halides is 3. The highest BCUT2D eigenvalue weighted by atomic mass is 35.5. The zero-order valence-electron chi connectivity index (χ0n) is 27.2. The van der Waals surface area contributed by atoms with E-state index in [1.807, 2.05) is 43.0 Å². The number of halogens is 5. The van der Waals surface area contributed by atoms with Crippen molar-refractivity contribution in [3.8, 4) is 5.75 Å². The number of nitrogens with zero attached hydrogens (tertiary/aromatic N) is 5. The first-order valence-corrected chi connectivity index (χ1v) is 16.5. The van der Waals surface area contributed by atoms with Crippen LogP contribution in [-0.2, 0) is 11.0 Å². The van der Waals surface area contributed by atoms with Crippen LogP contribution in [0.3, 0.4) is 0 Å². The minimum Gasteiger partial charge on any atom is -0.493 e. The maximum absolute atomic E-state index is 14.7. The fraction of sp³-hybridized carbons (Fsp3) is 0.400. The highest BCUT2D eigenvalue weighted by Gasteiger charge is 2.45. The van der Waals surface area contributed by atoms with Crippen LogP contribution in [0.1, 0.15) is 55.1 Å². The van der Waals surface area contributed by atoms with Crippen LogP contribution in [0.25, 0.3) is 0 Å². The van der Waals surface area contributed by atoms with E-state index in [1.165, 1.54) is 6.07 Å². The summed E-state index contributed by atoms with van der Waals surface area (Å²) in [5.74, 6) is 0.152. The highest BCUT2D eigenvalue weighted by molar-refractivity contribution is 6.30. The van der Waals surface area contributed by atoms with Gasteiger partial charge in [0.1, 0.15) is 17.6 Å². The van der Waals surface area contributed by atoms with Crippen molar-refractivity contribution in [3.05, 3.63) is 99.0 Å². The lowest BCUT2D eigenvalue weighted by Gasteiger charge is -2.39. The fourth-order valence-electron chi connectivity index (χ4n) is 5.85. The molecule has 5 rings (SSSR count). The first-order chi connectivity index (χ1) is 22.8. The molecule has 256 valence electrons. The minimum atomic E-state index is -4.60. The van der Waals surface area contributed by atoms with E-state index in [9.17, 15) is 22.8 Å². The molecule has 0 radical (unpaired) electrons. The van der Waals surface area contributed by atoms with Crippen LogP contribution in [-0.4, -0.2) is 89.8 Å². The molecule has 48 heavy (non-hydrogen) atoms. The molecular formula is C35H38Cl2F3N5O3. The quantitative estimate of drug-likeness (QED) is 0.243. The van der Waals surface area contributed by atoms with Gasteiger partial charge in [0.2, 0.25) is 5.91 Å². The summed E-state index contributed by atoms with van der Waals surface area (Å²) >= 11 is 12.5. The second-order valence-electron chi connectivity index (χ2n) is 12.1. The molecule has 2 atom stereocenters. The summed E-state index contributed by atoms with van der Waals surface area (Å²) in [4.78, 5) is 39.5. The van der Waals surface area contributed by atoms with Gasteiger partial charge in [-0.1, -0.05) is 47.5 Å². The van der Waals surface area contributed by atoms with Gasteiger partial charge in [-0.15, -0.1) is 0 Å². The third-order valence-corrected chi connectivity index (χ3v) is 9.22. The Morgan fingerprint density at radius 2 is 1.52 bits per heavy atom. The summed E-state index contributed by atoms with van der Waals surface area (Å²) in [7, 11) is 1.77. The molecule has 2 unspecified atom stereocenters. The van der Waals surface area contributed by atoms with E-state index >= 15 is 0 Å². The van der Waals surface area contributed by atoms with Gasteiger partial charge in [-0.25, -0.2) is 4.79 Å². The second kappa shape index (κ2) is 14.8. The molecule has 0 aliphatic carbocycles. The number of ether oxygens (including phenoxy) is 1. The van der Waals surface area contributed by atoms with Gasteiger partial charge in [-0.05, 0) is 74.4 Å². The summed E-state index contributed by atoms with van der Waals surface area (Å²) in [6, 6.07) is 15.8. The number of carbonyl (C=O) groups excluding carboxylic acids is 2. The number of likely N-dealkylation sites (N-methyl/N-ethyl adjacent to an activating group) is 1. The van der Waals surface area contributed by atoms with Crippen molar-refractivity contribution in [2.24, 2.45) is 4.99 Å². The highest BCUT2D eigenvalue weighted by Crippen LogP contribution is 2.46. The Bertz CT molecular complexity index is 1640. The van der Waals surface area contributed by atoms with E-state index in [0.29, 0.717) is 36.2 Å². The molecule has 3 aromatic rings. The van der Waals surface area contributed by atoms with Crippen LogP contribution in [0.5, 0.6) is 5.75 Å². The zero-order valence-corrected chi connectivity index (χ0v) is 28.7. The van der Waals surface area contributed by atoms with Crippen molar-refractivity contribution < 1.29 is 27.5 Å². The largest absolute Gasteiger partial charge is 0.493 e. The van der Waals surface area contributed by atoms with Gasteiger partial charge in [0.05, 0.1) is 30.3 Å². The van der Waals surface area contributed by atoms with Crippen LogP contribution < -0.4 is 4.74 Å². The molecule has 0 bridgehead atoms. The maximum atomic E-state index is 14.7. The number of urea groups is 1. The molecular weight excluding hydrogens is 666 g/mol. The average Bonchev–Trinajstić information content (AvgIpc) is 3.45. The molecule has 2 aliphatic rings. The Kier molecular flexibility index (Phi) is 10.9. The van der Waals surface area contributed by atoms with Gasteiger partial charge < -0.3 is 14.5 Å². The average molecular weight is 705 g/mol. The number of amides is 3. The first kappa shape index (κ1) is 35.5. The monoisotopic (exact) mass is 703 g/mol. The van der Waals surface area contributed by atoms with Crippen molar-refractivity contribution in [3.63, 3.8) is 0 Å². The summed E-state index contributed by atoms with van der Waals surface area (Å²) in [5, 5.41) is 1.03. The summed E-state index contributed by atoms with van der Waals surface area (Å²) in [6.07, 6.45) is -4.60. The Morgan fingerprint density at radius 1 is 0.938 bits per heavy atom. The third-order valence-electron chi connectivity index (χ3n) is 8.72. The van der Waals surface area contributed by atoms with Gasteiger partial charge >= 0.3 is 12.2 Å². The lowest BCUT2D eigenvalue weighted by atomic mass is 9.93. The molecule has 0 spiro atoms. The Hall–Kier alpha value is -3.80. The number of hydrogen-bond donors (Lipinski definition) is 0. The van der Waals surface area contributed by atoms with Gasteiger partial charge in [0, 0.05) is 49.3 Å². The predicted molar refractivity (Wildman–Crippen MR) is 181 cm³/mol. The number of aliphatic imine (C=N–C) groups is 1. The van der Waals surface area contributed by atoms with Crippen molar-refractivity contribution in [1.82, 2.24) is 19.6 Å². The Balaban J connectivity index is 1.57. The molecule has 1 saturated heterocycles. The van der Waals surface area contributed by atoms with Gasteiger partial charge in [-0.3, -0.25) is 19.6 Å². The van der Waals surface area contributed by atoms with Crippen LogP contribution in [0.15, 0.2) is 71.7 Å².